The van der Waals surface area contributed by atoms with E-state index in [9.17, 15) is 0 Å². The molecule has 3 aromatic heterocycles. The lowest BCUT2D eigenvalue weighted by Gasteiger charge is -2.30. The molecule has 11 aromatic rings. The second-order valence-electron chi connectivity index (χ2n) is 24.3. The number of pyridine rings is 1. The zero-order valence-corrected chi connectivity index (χ0v) is 45.7. The summed E-state index contributed by atoms with van der Waals surface area (Å²) in [5, 5.41) is 1.77. The van der Waals surface area contributed by atoms with Gasteiger partial charge in [0.2, 0.25) is 0 Å². The fourth-order valence-corrected chi connectivity index (χ4v) is 10.3. The van der Waals surface area contributed by atoms with Gasteiger partial charge in [0.25, 0.3) is 6.33 Å². The van der Waals surface area contributed by atoms with Gasteiger partial charge in [0.05, 0.1) is 40.3 Å². The van der Waals surface area contributed by atoms with Gasteiger partial charge < -0.3 is 4.74 Å². The van der Waals surface area contributed by atoms with Crippen molar-refractivity contribution in [2.75, 3.05) is 0 Å². The Morgan fingerprint density at radius 1 is 0.513 bits per heavy atom. The number of aromatic nitrogens is 4. The molecule has 0 saturated heterocycles. The molecule has 0 fully saturated rings. The van der Waals surface area contributed by atoms with Crippen LogP contribution in [0.4, 0.5) is 0 Å². The van der Waals surface area contributed by atoms with Gasteiger partial charge in [-0.25, -0.2) is 4.98 Å². The van der Waals surface area contributed by atoms with E-state index in [1.807, 2.05) is 65.2 Å². The van der Waals surface area contributed by atoms with Crippen LogP contribution in [0.5, 0.6) is 11.5 Å². The SMILES string of the molecule is [2H]c1c([2H])c([2H])c(-c2cnc(-n3c4ccccc4c4ccc(Oc5cccc(-n6[c-][n+](-c7c(-c8cccc(C(C)(C)C)c8)cc(C(C)(C)C)cc7C(C)(C)C)c7ccc(-c8ccc(C(C)(C)C)cc8)cc76)c5)cc43)cc2C([2H])([2H])[2H])c([2H])c1[2H]. The maximum absolute atomic E-state index is 8.70. The molecule has 3 heterocycles. The molecule has 8 aromatic carbocycles. The summed E-state index contributed by atoms with van der Waals surface area (Å²) in [4.78, 5) is 4.78. The number of para-hydroxylation sites is 1. The molecule has 5 nitrogen and oxygen atoms in total. The van der Waals surface area contributed by atoms with Gasteiger partial charge in [-0.05, 0) is 133 Å². The molecule has 5 heteroatoms. The second kappa shape index (κ2) is 18.7. The highest BCUT2D eigenvalue weighted by Crippen LogP contribution is 2.42. The van der Waals surface area contributed by atoms with Gasteiger partial charge in [0.15, 0.2) is 0 Å². The molecular weight excluding hydrogens is 925 g/mol. The average Bonchev–Trinajstić information content (AvgIpc) is 2.07. The molecule has 0 aliphatic heterocycles. The van der Waals surface area contributed by atoms with E-state index in [1.54, 1.807) is 0 Å². The van der Waals surface area contributed by atoms with Gasteiger partial charge in [-0.2, -0.15) is 0 Å². The number of rotatable bonds is 8. The molecule has 380 valence electrons. The van der Waals surface area contributed by atoms with Gasteiger partial charge in [-0.15, -0.1) is 0 Å². The number of ether oxygens (including phenoxy) is 1. The van der Waals surface area contributed by atoms with Crippen molar-refractivity contribution in [2.45, 2.75) is 112 Å². The summed E-state index contributed by atoms with van der Waals surface area (Å²) in [6.45, 7) is 24.4. The topological polar surface area (TPSA) is 35.9 Å². The van der Waals surface area contributed by atoms with E-state index in [4.69, 9.17) is 20.7 Å². The van der Waals surface area contributed by atoms with Crippen molar-refractivity contribution in [1.29, 1.82) is 0 Å². The number of nitrogens with zero attached hydrogens (tertiary/aromatic N) is 4. The number of hydrogen-bond donors (Lipinski definition) is 0. The van der Waals surface area contributed by atoms with Gasteiger partial charge in [0, 0.05) is 32.7 Å². The molecule has 0 aliphatic carbocycles. The third kappa shape index (κ3) is 9.42. The smallest absolute Gasteiger partial charge is 0.269 e. The minimum atomic E-state index is -2.75. The summed E-state index contributed by atoms with van der Waals surface area (Å²) >= 11 is 0. The zero-order chi connectivity index (χ0) is 60.3. The van der Waals surface area contributed by atoms with Gasteiger partial charge in [0.1, 0.15) is 17.3 Å². The van der Waals surface area contributed by atoms with Crippen molar-refractivity contribution < 1.29 is 20.3 Å². The molecular formula is C71H70N4O. The molecule has 0 N–H and O–H groups in total. The molecule has 0 spiro atoms. The summed E-state index contributed by atoms with van der Waals surface area (Å²) in [7, 11) is 0. The van der Waals surface area contributed by atoms with E-state index in [1.165, 1.54) is 34.5 Å². The van der Waals surface area contributed by atoms with Crippen molar-refractivity contribution in [3.8, 4) is 62.1 Å². The molecule has 0 radical (unpaired) electrons. The molecule has 0 saturated carbocycles. The maximum atomic E-state index is 8.70. The van der Waals surface area contributed by atoms with Crippen molar-refractivity contribution in [3.05, 3.63) is 222 Å². The standard InChI is InChI=1S/C71H70N4O/c1-46-37-66(72-44-60(46)48-21-15-14-16-22-48)75-62-28-18-17-27-57(62)58-35-34-56(43-64(58)75)76-55-26-20-25-54(42-55)73-45-74(63-36-31-49(39-65(63)73)47-29-32-51(33-30-47)68(2,3)4)67-59(50-23-19-24-52(38-50)69(5,6)7)40-53(70(8,9)10)41-61(67)71(11,12)13/h14-44H,1-13H3/i1D3,14D,15D,16D,21D,22D. The Morgan fingerprint density at radius 3 is 1.93 bits per heavy atom. The number of aryl methyl sites for hydroxylation is 1. The van der Waals surface area contributed by atoms with Crippen LogP contribution >= 0.6 is 0 Å². The minimum Gasteiger partial charge on any atom is -0.458 e. The first-order valence-electron chi connectivity index (χ1n) is 30.2. The lowest BCUT2D eigenvalue weighted by atomic mass is 9.77. The first-order valence-corrected chi connectivity index (χ1v) is 26.2. The Hall–Kier alpha value is -8.02. The largest absolute Gasteiger partial charge is 0.458 e. The Kier molecular flexibility index (Phi) is 10.1. The van der Waals surface area contributed by atoms with Crippen LogP contribution in [-0.4, -0.2) is 14.1 Å². The Bertz CT molecular complexity index is 4400. The number of benzene rings is 8. The fourth-order valence-electron chi connectivity index (χ4n) is 10.3. The highest BCUT2D eigenvalue weighted by Gasteiger charge is 2.29. The summed E-state index contributed by atoms with van der Waals surface area (Å²) in [6, 6.07) is 49.7. The minimum absolute atomic E-state index is 0.00420. The Labute approximate surface area is 461 Å². The predicted molar refractivity (Wildman–Crippen MR) is 318 cm³/mol. The number of hydrogen-bond acceptors (Lipinski definition) is 2. The highest BCUT2D eigenvalue weighted by molar-refractivity contribution is 6.09. The Morgan fingerprint density at radius 2 is 1.21 bits per heavy atom. The van der Waals surface area contributed by atoms with E-state index >= 15 is 0 Å². The third-order valence-corrected chi connectivity index (χ3v) is 14.6. The van der Waals surface area contributed by atoms with E-state index in [2.05, 4.69) is 183 Å². The molecule has 0 aliphatic rings. The van der Waals surface area contributed by atoms with Crippen molar-refractivity contribution in [3.63, 3.8) is 0 Å². The van der Waals surface area contributed by atoms with Crippen LogP contribution in [0.1, 0.15) is 122 Å². The van der Waals surface area contributed by atoms with Gasteiger partial charge in [-0.3, -0.25) is 13.7 Å². The molecule has 76 heavy (non-hydrogen) atoms. The van der Waals surface area contributed by atoms with Crippen molar-refractivity contribution >= 4 is 32.8 Å². The van der Waals surface area contributed by atoms with E-state index in [0.717, 1.165) is 61.0 Å². The lowest BCUT2D eigenvalue weighted by Crippen LogP contribution is -2.35. The highest BCUT2D eigenvalue weighted by atomic mass is 16.5. The van der Waals surface area contributed by atoms with E-state index in [0.29, 0.717) is 17.0 Å². The van der Waals surface area contributed by atoms with Crippen molar-refractivity contribution in [1.82, 2.24) is 14.1 Å². The van der Waals surface area contributed by atoms with Gasteiger partial charge >= 0.3 is 0 Å². The van der Waals surface area contributed by atoms with Crippen LogP contribution in [0.25, 0.3) is 83.4 Å². The van der Waals surface area contributed by atoms with Crippen LogP contribution in [-0.2, 0) is 21.7 Å². The first-order chi connectivity index (χ1) is 39.4. The lowest BCUT2D eigenvalue weighted by molar-refractivity contribution is -0.572. The second-order valence-corrected chi connectivity index (χ2v) is 24.3. The predicted octanol–water partition coefficient (Wildman–Crippen LogP) is 18.5. The summed E-state index contributed by atoms with van der Waals surface area (Å²) in [5.74, 6) is 1.35. The number of fused-ring (bicyclic) bond motifs is 4. The average molecular weight is 1000 g/mol. The zero-order valence-electron chi connectivity index (χ0n) is 53.7. The van der Waals surface area contributed by atoms with E-state index in [-0.39, 0.29) is 44.2 Å². The molecule has 0 atom stereocenters. The summed E-state index contributed by atoms with van der Waals surface area (Å²) < 4.78 is 81.3. The summed E-state index contributed by atoms with van der Waals surface area (Å²) in [6.07, 6.45) is 5.23. The van der Waals surface area contributed by atoms with Crippen LogP contribution < -0.4 is 9.30 Å². The monoisotopic (exact) mass is 1000 g/mol. The van der Waals surface area contributed by atoms with Gasteiger partial charge in [-0.1, -0.05) is 210 Å². The summed E-state index contributed by atoms with van der Waals surface area (Å²) in [5.41, 5.74) is 13.7. The maximum Gasteiger partial charge on any atom is 0.269 e. The van der Waals surface area contributed by atoms with Crippen molar-refractivity contribution in [2.24, 2.45) is 0 Å². The Balaban J connectivity index is 1.08. The normalized spacial score (nSPS) is 14.2. The molecule has 0 unspecified atom stereocenters. The van der Waals surface area contributed by atoms with E-state index < -0.39 is 37.1 Å². The van der Waals surface area contributed by atoms with Crippen LogP contribution in [0, 0.1) is 13.2 Å². The fraction of sp³-hybridized carbons (Fsp3) is 0.239. The van der Waals surface area contributed by atoms with Crippen LogP contribution in [0.3, 0.4) is 0 Å². The molecule has 11 rings (SSSR count). The molecule has 0 amide bonds. The van der Waals surface area contributed by atoms with Crippen LogP contribution in [0.15, 0.2) is 188 Å². The quantitative estimate of drug-likeness (QED) is 0.112. The molecule has 0 bridgehead atoms. The third-order valence-electron chi connectivity index (χ3n) is 14.6. The first kappa shape index (κ1) is 41.3. The van der Waals surface area contributed by atoms with Crippen LogP contribution in [0.2, 0.25) is 0 Å². The number of imidazole rings is 1.